The van der Waals surface area contributed by atoms with E-state index in [1.54, 1.807) is 6.07 Å². The van der Waals surface area contributed by atoms with Crippen LogP contribution in [0.5, 0.6) is 5.75 Å². The van der Waals surface area contributed by atoms with Gasteiger partial charge in [-0.1, -0.05) is 37.6 Å². The van der Waals surface area contributed by atoms with Gasteiger partial charge in [-0.25, -0.2) is 0 Å². The highest BCUT2D eigenvalue weighted by atomic mass is 35.5. The van der Waals surface area contributed by atoms with Crippen LogP contribution in [-0.2, 0) is 6.54 Å². The number of phenolic OH excluding ortho intramolecular Hbond substituents is 1. The van der Waals surface area contributed by atoms with Gasteiger partial charge < -0.3 is 15.3 Å². The van der Waals surface area contributed by atoms with Crippen molar-refractivity contribution in [1.29, 1.82) is 0 Å². The number of hydrogen-bond acceptors (Lipinski definition) is 3. The van der Waals surface area contributed by atoms with Crippen molar-refractivity contribution in [2.24, 2.45) is 0 Å². The Bertz CT molecular complexity index is 394. The van der Waals surface area contributed by atoms with Crippen molar-refractivity contribution in [2.45, 2.75) is 46.2 Å². The maximum atomic E-state index is 9.84. The number of aromatic hydroxyl groups is 1. The predicted molar refractivity (Wildman–Crippen MR) is 86.4 cm³/mol. The molecule has 20 heavy (non-hydrogen) atoms. The van der Waals surface area contributed by atoms with E-state index in [4.69, 9.17) is 11.6 Å². The normalized spacial score (nSPS) is 12.8. The quantitative estimate of drug-likeness (QED) is 0.730. The van der Waals surface area contributed by atoms with E-state index >= 15 is 0 Å². The van der Waals surface area contributed by atoms with Crippen LogP contribution in [0.25, 0.3) is 0 Å². The summed E-state index contributed by atoms with van der Waals surface area (Å²) in [5.41, 5.74) is 0.855. The Morgan fingerprint density at radius 1 is 1.30 bits per heavy atom. The smallest absolute Gasteiger partial charge is 0.138 e. The van der Waals surface area contributed by atoms with Crippen LogP contribution in [0.3, 0.4) is 0 Å². The molecule has 0 spiro atoms. The van der Waals surface area contributed by atoms with Gasteiger partial charge in [0.25, 0.3) is 0 Å². The molecule has 0 aliphatic heterocycles. The van der Waals surface area contributed by atoms with Crippen molar-refractivity contribution in [1.82, 2.24) is 10.2 Å². The summed E-state index contributed by atoms with van der Waals surface area (Å²) in [6.07, 6.45) is 2.33. The minimum atomic E-state index is 0.192. The summed E-state index contributed by atoms with van der Waals surface area (Å²) >= 11 is 5.90. The van der Waals surface area contributed by atoms with Gasteiger partial charge in [-0.2, -0.15) is 0 Å². The predicted octanol–water partition coefficient (Wildman–Crippen LogP) is 3.65. The van der Waals surface area contributed by atoms with E-state index in [1.165, 1.54) is 6.42 Å². The first-order valence-electron chi connectivity index (χ1n) is 7.50. The number of phenols is 1. The number of halogens is 1. The maximum Gasteiger partial charge on any atom is 0.138 e. The molecule has 2 N–H and O–H groups in total. The second-order valence-corrected chi connectivity index (χ2v) is 5.61. The molecule has 3 nitrogen and oxygen atoms in total. The van der Waals surface area contributed by atoms with E-state index in [-0.39, 0.29) is 5.75 Å². The maximum absolute atomic E-state index is 9.84. The molecule has 1 rings (SSSR count). The zero-order valence-corrected chi connectivity index (χ0v) is 13.6. The summed E-state index contributed by atoms with van der Waals surface area (Å²) in [5, 5.41) is 13.7. The van der Waals surface area contributed by atoms with Gasteiger partial charge in [0.1, 0.15) is 5.75 Å². The lowest BCUT2D eigenvalue weighted by Gasteiger charge is -2.20. The van der Waals surface area contributed by atoms with Crippen LogP contribution in [0.15, 0.2) is 18.2 Å². The second-order valence-electron chi connectivity index (χ2n) is 5.20. The minimum absolute atomic E-state index is 0.192. The van der Waals surface area contributed by atoms with Crippen LogP contribution in [0.4, 0.5) is 0 Å². The molecule has 0 radical (unpaired) electrons. The summed E-state index contributed by atoms with van der Waals surface area (Å²) < 4.78 is 0. The van der Waals surface area contributed by atoms with Crippen LogP contribution in [0.2, 0.25) is 5.02 Å². The van der Waals surface area contributed by atoms with Crippen molar-refractivity contribution in [2.75, 3.05) is 19.6 Å². The van der Waals surface area contributed by atoms with Crippen LogP contribution < -0.4 is 5.32 Å². The van der Waals surface area contributed by atoms with Gasteiger partial charge in [-0.05, 0) is 45.5 Å². The van der Waals surface area contributed by atoms with Gasteiger partial charge in [0, 0.05) is 18.2 Å². The summed E-state index contributed by atoms with van der Waals surface area (Å²) in [5.74, 6) is 0.192. The molecule has 0 heterocycles. The highest BCUT2D eigenvalue weighted by Crippen LogP contribution is 2.26. The van der Waals surface area contributed by atoms with E-state index in [9.17, 15) is 5.11 Å². The fraction of sp³-hybridized carbons (Fsp3) is 0.625. The summed E-state index contributed by atoms with van der Waals surface area (Å²) in [4.78, 5) is 2.44. The van der Waals surface area contributed by atoms with Crippen molar-refractivity contribution >= 4 is 11.6 Å². The fourth-order valence-electron chi connectivity index (χ4n) is 2.25. The Morgan fingerprint density at radius 3 is 2.65 bits per heavy atom. The molecule has 0 bridgehead atoms. The van der Waals surface area contributed by atoms with Crippen molar-refractivity contribution < 1.29 is 5.11 Å². The Morgan fingerprint density at radius 2 is 2.00 bits per heavy atom. The Balaban J connectivity index is 2.29. The molecule has 1 aromatic carbocycles. The average molecular weight is 299 g/mol. The zero-order chi connectivity index (χ0) is 15.0. The SMILES string of the molecule is CCN(CC)CCCC(C)NCc1cccc(Cl)c1O. The molecule has 0 fully saturated rings. The van der Waals surface area contributed by atoms with Crippen LogP contribution in [-0.4, -0.2) is 35.7 Å². The highest BCUT2D eigenvalue weighted by molar-refractivity contribution is 6.32. The molecule has 0 aromatic heterocycles. The molecule has 0 aliphatic carbocycles. The minimum Gasteiger partial charge on any atom is -0.506 e. The number of nitrogens with one attached hydrogen (secondary N) is 1. The molecular formula is C16H27ClN2O. The Kier molecular flexibility index (Phi) is 7.97. The van der Waals surface area contributed by atoms with Gasteiger partial charge in [0.2, 0.25) is 0 Å². The Labute approximate surface area is 127 Å². The molecular weight excluding hydrogens is 272 g/mol. The fourth-order valence-corrected chi connectivity index (χ4v) is 2.44. The van der Waals surface area contributed by atoms with Gasteiger partial charge >= 0.3 is 0 Å². The van der Waals surface area contributed by atoms with Crippen molar-refractivity contribution in [3.05, 3.63) is 28.8 Å². The monoisotopic (exact) mass is 298 g/mol. The van der Waals surface area contributed by atoms with Crippen LogP contribution in [0.1, 0.15) is 39.2 Å². The molecule has 0 aliphatic rings. The van der Waals surface area contributed by atoms with Gasteiger partial charge in [0.15, 0.2) is 0 Å². The summed E-state index contributed by atoms with van der Waals surface area (Å²) in [6.45, 7) is 10.6. The first kappa shape index (κ1) is 17.3. The van der Waals surface area contributed by atoms with Crippen LogP contribution in [0, 0.1) is 0 Å². The molecule has 0 amide bonds. The second kappa shape index (κ2) is 9.22. The van der Waals surface area contributed by atoms with Crippen molar-refractivity contribution in [3.8, 4) is 5.75 Å². The summed E-state index contributed by atoms with van der Waals surface area (Å²) in [7, 11) is 0. The van der Waals surface area contributed by atoms with E-state index in [1.807, 2.05) is 12.1 Å². The third-order valence-electron chi connectivity index (χ3n) is 3.72. The van der Waals surface area contributed by atoms with Gasteiger partial charge in [0.05, 0.1) is 5.02 Å². The van der Waals surface area contributed by atoms with E-state index < -0.39 is 0 Å². The van der Waals surface area contributed by atoms with E-state index in [2.05, 4.69) is 31.0 Å². The first-order valence-corrected chi connectivity index (χ1v) is 7.88. The number of para-hydroxylation sites is 1. The number of benzene rings is 1. The van der Waals surface area contributed by atoms with Gasteiger partial charge in [-0.3, -0.25) is 0 Å². The van der Waals surface area contributed by atoms with E-state index in [0.29, 0.717) is 17.6 Å². The van der Waals surface area contributed by atoms with Crippen LogP contribution >= 0.6 is 11.6 Å². The number of hydrogen-bond donors (Lipinski definition) is 2. The summed E-state index contributed by atoms with van der Waals surface area (Å²) in [6, 6.07) is 5.90. The number of nitrogens with zero attached hydrogens (tertiary/aromatic N) is 1. The molecule has 0 saturated heterocycles. The third kappa shape index (κ3) is 5.70. The molecule has 1 unspecified atom stereocenters. The third-order valence-corrected chi connectivity index (χ3v) is 4.02. The molecule has 1 atom stereocenters. The lowest BCUT2D eigenvalue weighted by Crippen LogP contribution is -2.28. The highest BCUT2D eigenvalue weighted by Gasteiger charge is 2.07. The number of rotatable bonds is 9. The first-order chi connectivity index (χ1) is 9.58. The molecule has 114 valence electrons. The average Bonchev–Trinajstić information content (AvgIpc) is 2.45. The van der Waals surface area contributed by atoms with E-state index in [0.717, 1.165) is 31.6 Å². The lowest BCUT2D eigenvalue weighted by atomic mass is 10.1. The standard InChI is InChI=1S/C16H27ClN2O/c1-4-19(5-2)11-7-8-13(3)18-12-14-9-6-10-15(17)16(14)20/h6,9-10,13,18,20H,4-5,7-8,11-12H2,1-3H3. The Hall–Kier alpha value is -0.770. The zero-order valence-electron chi connectivity index (χ0n) is 12.8. The lowest BCUT2D eigenvalue weighted by molar-refractivity contribution is 0.290. The van der Waals surface area contributed by atoms with Crippen molar-refractivity contribution in [3.63, 3.8) is 0 Å². The molecule has 4 heteroatoms. The topological polar surface area (TPSA) is 35.5 Å². The largest absolute Gasteiger partial charge is 0.506 e. The van der Waals surface area contributed by atoms with Gasteiger partial charge in [-0.15, -0.1) is 0 Å². The molecule has 1 aromatic rings. The molecule has 0 saturated carbocycles.